The molecule has 0 bridgehead atoms. The van der Waals surface area contributed by atoms with Gasteiger partial charge in [0.05, 0.1) is 18.2 Å². The summed E-state index contributed by atoms with van der Waals surface area (Å²) in [5.74, 6) is 0.294. The fourth-order valence-electron chi connectivity index (χ4n) is 2.61. The first-order valence-corrected chi connectivity index (χ1v) is 6.15. The fourth-order valence-corrected chi connectivity index (χ4v) is 2.61. The van der Waals surface area contributed by atoms with E-state index in [1.807, 2.05) is 6.92 Å². The maximum Gasteiger partial charge on any atom is 0.309 e. The lowest BCUT2D eigenvalue weighted by molar-refractivity contribution is -0.148. The topological polar surface area (TPSA) is 47.9 Å². The van der Waals surface area contributed by atoms with Gasteiger partial charge in [-0.2, -0.15) is 0 Å². The van der Waals surface area contributed by atoms with Crippen molar-refractivity contribution < 1.29 is 14.4 Å². The molecule has 0 aromatic rings. The van der Waals surface area contributed by atoms with E-state index in [0.717, 1.165) is 31.4 Å². The van der Waals surface area contributed by atoms with Gasteiger partial charge in [-0.3, -0.25) is 4.79 Å². The van der Waals surface area contributed by atoms with Crippen LogP contribution in [-0.4, -0.2) is 24.4 Å². The summed E-state index contributed by atoms with van der Waals surface area (Å²) in [5, 5.41) is 4.11. The molecule has 3 atom stereocenters. The molecule has 1 saturated carbocycles. The van der Waals surface area contributed by atoms with E-state index in [1.165, 1.54) is 0 Å². The number of carbonyl (C=O) groups excluding carboxylic acids is 1. The van der Waals surface area contributed by atoms with E-state index >= 15 is 0 Å². The SMILES string of the molecule is CCCC1=NOC2CC(C(=O)OCC)CC12. The van der Waals surface area contributed by atoms with Crippen molar-refractivity contribution in [2.24, 2.45) is 17.0 Å². The van der Waals surface area contributed by atoms with Gasteiger partial charge in [-0.15, -0.1) is 0 Å². The first-order chi connectivity index (χ1) is 7.76. The normalized spacial score (nSPS) is 31.9. The van der Waals surface area contributed by atoms with Crippen molar-refractivity contribution in [1.29, 1.82) is 0 Å². The number of fused-ring (bicyclic) bond motifs is 1. The van der Waals surface area contributed by atoms with E-state index in [1.54, 1.807) is 0 Å². The van der Waals surface area contributed by atoms with Gasteiger partial charge in [-0.25, -0.2) is 0 Å². The van der Waals surface area contributed by atoms with Crippen molar-refractivity contribution in [2.45, 2.75) is 45.6 Å². The Morgan fingerprint density at radius 2 is 2.31 bits per heavy atom. The Hall–Kier alpha value is -1.06. The third-order valence-electron chi connectivity index (χ3n) is 3.36. The Balaban J connectivity index is 1.93. The Labute approximate surface area is 96.0 Å². The summed E-state index contributed by atoms with van der Waals surface area (Å²) in [6, 6.07) is 0. The molecule has 1 heterocycles. The fraction of sp³-hybridized carbons (Fsp3) is 0.833. The highest BCUT2D eigenvalue weighted by molar-refractivity contribution is 5.89. The van der Waals surface area contributed by atoms with Crippen molar-refractivity contribution in [1.82, 2.24) is 0 Å². The molecule has 0 amide bonds. The number of nitrogens with zero attached hydrogens (tertiary/aromatic N) is 1. The van der Waals surface area contributed by atoms with Crippen LogP contribution in [0.5, 0.6) is 0 Å². The summed E-state index contributed by atoms with van der Waals surface area (Å²) in [5.41, 5.74) is 1.14. The van der Waals surface area contributed by atoms with Gasteiger partial charge in [-0.05, 0) is 19.8 Å². The first kappa shape index (κ1) is 11.4. The highest BCUT2D eigenvalue weighted by Crippen LogP contribution is 2.39. The summed E-state index contributed by atoms with van der Waals surface area (Å²) in [6.45, 7) is 4.43. The number of hydrogen-bond acceptors (Lipinski definition) is 4. The van der Waals surface area contributed by atoms with E-state index < -0.39 is 0 Å². The molecule has 3 unspecified atom stereocenters. The van der Waals surface area contributed by atoms with E-state index in [4.69, 9.17) is 9.57 Å². The molecule has 4 nitrogen and oxygen atoms in total. The van der Waals surface area contributed by atoms with Crippen LogP contribution in [0.4, 0.5) is 0 Å². The van der Waals surface area contributed by atoms with Crippen LogP contribution in [0.25, 0.3) is 0 Å². The minimum absolute atomic E-state index is 0.0114. The van der Waals surface area contributed by atoms with Crippen LogP contribution in [0.1, 0.15) is 39.5 Å². The van der Waals surface area contributed by atoms with Gasteiger partial charge in [0, 0.05) is 12.3 Å². The minimum Gasteiger partial charge on any atom is -0.466 e. The zero-order valence-corrected chi connectivity index (χ0v) is 9.94. The van der Waals surface area contributed by atoms with Gasteiger partial charge in [-0.1, -0.05) is 18.5 Å². The summed E-state index contributed by atoms with van der Waals surface area (Å²) in [4.78, 5) is 17.0. The molecule has 1 aliphatic carbocycles. The third-order valence-corrected chi connectivity index (χ3v) is 3.36. The van der Waals surface area contributed by atoms with E-state index in [-0.39, 0.29) is 18.0 Å². The zero-order chi connectivity index (χ0) is 11.5. The number of rotatable bonds is 4. The molecule has 1 fully saturated rings. The van der Waals surface area contributed by atoms with E-state index in [2.05, 4.69) is 12.1 Å². The Morgan fingerprint density at radius 1 is 1.50 bits per heavy atom. The van der Waals surface area contributed by atoms with E-state index in [0.29, 0.717) is 12.5 Å². The molecule has 0 aromatic carbocycles. The molecule has 0 spiro atoms. The first-order valence-electron chi connectivity index (χ1n) is 6.15. The number of hydrogen-bond donors (Lipinski definition) is 0. The quantitative estimate of drug-likeness (QED) is 0.689. The van der Waals surface area contributed by atoms with Crippen LogP contribution in [0.15, 0.2) is 5.16 Å². The van der Waals surface area contributed by atoms with Crippen LogP contribution in [0.3, 0.4) is 0 Å². The van der Waals surface area contributed by atoms with Gasteiger partial charge in [0.25, 0.3) is 0 Å². The summed E-state index contributed by atoms with van der Waals surface area (Å²) in [6.07, 6.45) is 3.80. The van der Waals surface area contributed by atoms with Crippen molar-refractivity contribution in [3.05, 3.63) is 0 Å². The lowest BCUT2D eigenvalue weighted by Crippen LogP contribution is -2.17. The van der Waals surface area contributed by atoms with Gasteiger partial charge in [0.15, 0.2) is 0 Å². The molecule has 16 heavy (non-hydrogen) atoms. The summed E-state index contributed by atoms with van der Waals surface area (Å²) >= 11 is 0. The standard InChI is InChI=1S/C12H19NO3/c1-3-5-10-9-6-8(12(14)15-4-2)7-11(9)16-13-10/h8-9,11H,3-7H2,1-2H3. The molecular weight excluding hydrogens is 206 g/mol. The molecule has 2 aliphatic rings. The van der Waals surface area contributed by atoms with Crippen LogP contribution < -0.4 is 0 Å². The third kappa shape index (κ3) is 2.06. The zero-order valence-electron chi connectivity index (χ0n) is 9.94. The van der Waals surface area contributed by atoms with Gasteiger partial charge in [0.1, 0.15) is 6.10 Å². The Kier molecular flexibility index (Phi) is 3.46. The predicted octanol–water partition coefficient (Wildman–Crippen LogP) is 2.13. The second-order valence-corrected chi connectivity index (χ2v) is 4.50. The number of carbonyl (C=O) groups is 1. The Bertz CT molecular complexity index is 301. The monoisotopic (exact) mass is 225 g/mol. The minimum atomic E-state index is -0.0728. The average molecular weight is 225 g/mol. The van der Waals surface area contributed by atoms with Crippen LogP contribution in [-0.2, 0) is 14.4 Å². The van der Waals surface area contributed by atoms with Crippen molar-refractivity contribution >= 4 is 11.7 Å². The maximum atomic E-state index is 11.6. The smallest absolute Gasteiger partial charge is 0.309 e. The number of esters is 1. The number of oxime groups is 1. The van der Waals surface area contributed by atoms with Gasteiger partial charge < -0.3 is 9.57 Å². The molecule has 4 heteroatoms. The molecule has 0 radical (unpaired) electrons. The lowest BCUT2D eigenvalue weighted by atomic mass is 9.96. The second-order valence-electron chi connectivity index (χ2n) is 4.50. The largest absolute Gasteiger partial charge is 0.466 e. The van der Waals surface area contributed by atoms with Crippen LogP contribution in [0.2, 0.25) is 0 Å². The lowest BCUT2D eigenvalue weighted by Gasteiger charge is -2.09. The van der Waals surface area contributed by atoms with Crippen LogP contribution >= 0.6 is 0 Å². The molecule has 90 valence electrons. The average Bonchev–Trinajstić information content (AvgIpc) is 2.81. The Morgan fingerprint density at radius 3 is 3.00 bits per heavy atom. The maximum absolute atomic E-state index is 11.6. The molecule has 1 aliphatic heterocycles. The van der Waals surface area contributed by atoms with Crippen molar-refractivity contribution in [3.63, 3.8) is 0 Å². The van der Waals surface area contributed by atoms with Gasteiger partial charge in [0.2, 0.25) is 0 Å². The molecule has 0 saturated heterocycles. The van der Waals surface area contributed by atoms with Crippen molar-refractivity contribution in [3.8, 4) is 0 Å². The molecule has 2 rings (SSSR count). The number of ether oxygens (including phenoxy) is 1. The highest BCUT2D eigenvalue weighted by atomic mass is 16.6. The molecular formula is C12H19NO3. The molecule has 0 N–H and O–H groups in total. The highest BCUT2D eigenvalue weighted by Gasteiger charge is 2.45. The van der Waals surface area contributed by atoms with Gasteiger partial charge >= 0.3 is 5.97 Å². The predicted molar refractivity (Wildman–Crippen MR) is 60.1 cm³/mol. The summed E-state index contributed by atoms with van der Waals surface area (Å²) < 4.78 is 5.05. The second kappa shape index (κ2) is 4.85. The van der Waals surface area contributed by atoms with Crippen LogP contribution in [0, 0.1) is 11.8 Å². The van der Waals surface area contributed by atoms with E-state index in [9.17, 15) is 4.79 Å². The van der Waals surface area contributed by atoms with Crippen molar-refractivity contribution in [2.75, 3.05) is 6.61 Å². The molecule has 0 aromatic heterocycles. The summed E-state index contributed by atoms with van der Waals surface area (Å²) in [7, 11) is 0.